The van der Waals surface area contributed by atoms with Crippen LogP contribution in [0, 0.1) is 0 Å². The van der Waals surface area contributed by atoms with Gasteiger partial charge in [0.2, 0.25) is 0 Å². The van der Waals surface area contributed by atoms with Gasteiger partial charge in [0.25, 0.3) is 0 Å². The summed E-state index contributed by atoms with van der Waals surface area (Å²) in [5.41, 5.74) is 0.945. The molecule has 0 fully saturated rings. The maximum Gasteiger partial charge on any atom is 0.411 e. The van der Waals surface area contributed by atoms with Crippen molar-refractivity contribution in [1.29, 1.82) is 0 Å². The highest BCUT2D eigenvalue weighted by Crippen LogP contribution is 2.23. The lowest BCUT2D eigenvalue weighted by atomic mass is 10.1. The molecule has 0 saturated carbocycles. The molecule has 0 aliphatic rings. The van der Waals surface area contributed by atoms with Crippen molar-refractivity contribution in [3.63, 3.8) is 0 Å². The van der Waals surface area contributed by atoms with E-state index < -0.39 is 12.8 Å². The molecule has 0 aliphatic carbocycles. The summed E-state index contributed by atoms with van der Waals surface area (Å²) in [6.07, 6.45) is -3.73. The molecule has 0 aromatic heterocycles. The van der Waals surface area contributed by atoms with Crippen LogP contribution in [0.4, 0.5) is 18.9 Å². The molecule has 0 amide bonds. The van der Waals surface area contributed by atoms with Gasteiger partial charge in [-0.1, -0.05) is 28.1 Å². The molecule has 2 nitrogen and oxygen atoms in total. The van der Waals surface area contributed by atoms with Crippen LogP contribution in [0.3, 0.4) is 0 Å². The first-order chi connectivity index (χ1) is 9.94. The minimum Gasteiger partial charge on any atom is -0.385 e. The molecule has 114 valence electrons. The first kappa shape index (κ1) is 16.1. The van der Waals surface area contributed by atoms with E-state index in [-0.39, 0.29) is 6.61 Å². The molecule has 0 heterocycles. The zero-order valence-electron chi connectivity index (χ0n) is 11.2. The lowest BCUT2D eigenvalue weighted by Gasteiger charge is -2.09. The predicted octanol–water partition coefficient (Wildman–Crippen LogP) is 4.98. The normalized spacial score (nSPS) is 11.8. The first-order valence-corrected chi connectivity index (χ1v) is 7.31. The number of nitrogens with one attached hydrogen (secondary N) is 1. The summed E-state index contributed by atoms with van der Waals surface area (Å²) in [6.45, 7) is -0.523. The van der Waals surface area contributed by atoms with Crippen LogP contribution in [0.1, 0.15) is 6.42 Å². The molecule has 21 heavy (non-hydrogen) atoms. The van der Waals surface area contributed by atoms with Gasteiger partial charge in [-0.25, -0.2) is 0 Å². The minimum atomic E-state index is -4.25. The van der Waals surface area contributed by atoms with Crippen molar-refractivity contribution < 1.29 is 17.9 Å². The summed E-state index contributed by atoms with van der Waals surface area (Å²) < 4.78 is 41.2. The number of alkyl halides is 3. The van der Waals surface area contributed by atoms with Gasteiger partial charge in [-0.15, -0.1) is 0 Å². The maximum absolute atomic E-state index is 11.9. The van der Waals surface area contributed by atoms with Crippen LogP contribution in [-0.2, 0) is 4.74 Å². The molecule has 0 atom stereocenters. The Bertz CT molecular complexity index is 601. The van der Waals surface area contributed by atoms with Crippen LogP contribution in [0.25, 0.3) is 10.8 Å². The molecular formula is C15H15BrF3NO. The van der Waals surface area contributed by atoms with Crippen LogP contribution in [0.2, 0.25) is 0 Å². The van der Waals surface area contributed by atoms with Crippen molar-refractivity contribution >= 4 is 32.4 Å². The number of benzene rings is 2. The summed E-state index contributed by atoms with van der Waals surface area (Å²) in [5, 5.41) is 5.41. The van der Waals surface area contributed by atoms with Gasteiger partial charge in [-0.05, 0) is 41.5 Å². The summed E-state index contributed by atoms with van der Waals surface area (Å²) in [5.74, 6) is 0. The van der Waals surface area contributed by atoms with Crippen molar-refractivity contribution in [2.45, 2.75) is 12.6 Å². The highest BCUT2D eigenvalue weighted by molar-refractivity contribution is 9.10. The molecule has 0 bridgehead atoms. The largest absolute Gasteiger partial charge is 0.411 e. The Morgan fingerprint density at radius 1 is 1.05 bits per heavy atom. The second kappa shape index (κ2) is 7.13. The van der Waals surface area contributed by atoms with Gasteiger partial charge >= 0.3 is 6.18 Å². The van der Waals surface area contributed by atoms with E-state index in [0.29, 0.717) is 13.0 Å². The van der Waals surface area contributed by atoms with Crippen LogP contribution in [0.15, 0.2) is 40.9 Å². The lowest BCUT2D eigenvalue weighted by molar-refractivity contribution is -0.173. The number of hydrogen-bond donors (Lipinski definition) is 1. The van der Waals surface area contributed by atoms with E-state index in [9.17, 15) is 13.2 Å². The van der Waals surface area contributed by atoms with Gasteiger partial charge in [-0.2, -0.15) is 13.2 Å². The highest BCUT2D eigenvalue weighted by Gasteiger charge is 2.27. The fourth-order valence-corrected chi connectivity index (χ4v) is 2.30. The van der Waals surface area contributed by atoms with Crippen LogP contribution >= 0.6 is 15.9 Å². The Morgan fingerprint density at radius 3 is 2.52 bits per heavy atom. The summed E-state index contributed by atoms with van der Waals surface area (Å²) >= 11 is 3.42. The van der Waals surface area contributed by atoms with Crippen molar-refractivity contribution in [3.8, 4) is 0 Å². The molecule has 0 saturated heterocycles. The SMILES string of the molecule is FC(F)(F)COCCCNc1ccc2cc(Br)ccc2c1. The van der Waals surface area contributed by atoms with E-state index in [4.69, 9.17) is 0 Å². The van der Waals surface area contributed by atoms with Crippen molar-refractivity contribution in [3.05, 3.63) is 40.9 Å². The Kier molecular flexibility index (Phi) is 5.47. The first-order valence-electron chi connectivity index (χ1n) is 6.52. The molecule has 6 heteroatoms. The average Bonchev–Trinajstić information content (AvgIpc) is 2.41. The fraction of sp³-hybridized carbons (Fsp3) is 0.333. The molecule has 2 aromatic carbocycles. The van der Waals surface area contributed by atoms with Gasteiger partial charge in [0, 0.05) is 23.3 Å². The number of rotatable bonds is 6. The number of hydrogen-bond acceptors (Lipinski definition) is 2. The number of anilines is 1. The summed E-state index contributed by atoms with van der Waals surface area (Å²) in [4.78, 5) is 0. The van der Waals surface area contributed by atoms with Crippen molar-refractivity contribution in [1.82, 2.24) is 0 Å². The Labute approximate surface area is 129 Å². The smallest absolute Gasteiger partial charge is 0.385 e. The number of halogens is 4. The average molecular weight is 362 g/mol. The zero-order valence-corrected chi connectivity index (χ0v) is 12.8. The van der Waals surface area contributed by atoms with E-state index in [1.807, 2.05) is 36.4 Å². The standard InChI is InChI=1S/C15H15BrF3NO/c16-13-4-2-12-9-14(5-3-11(12)8-13)20-6-1-7-21-10-15(17,18)19/h2-5,8-9,20H,1,6-7,10H2. The van der Waals surface area contributed by atoms with Crippen LogP contribution in [-0.4, -0.2) is 25.9 Å². The summed E-state index contributed by atoms with van der Waals surface area (Å²) in [6, 6.07) is 12.0. The van der Waals surface area contributed by atoms with Gasteiger partial charge < -0.3 is 10.1 Å². The second-order valence-corrected chi connectivity index (χ2v) is 5.57. The number of ether oxygens (including phenoxy) is 1. The molecule has 0 radical (unpaired) electrons. The molecule has 2 aromatic rings. The molecule has 0 spiro atoms. The third-order valence-electron chi connectivity index (χ3n) is 2.86. The van der Waals surface area contributed by atoms with Crippen molar-refractivity contribution in [2.24, 2.45) is 0 Å². The maximum atomic E-state index is 11.9. The zero-order chi connectivity index (χ0) is 15.3. The van der Waals surface area contributed by atoms with E-state index in [1.54, 1.807) is 0 Å². The van der Waals surface area contributed by atoms with E-state index in [2.05, 4.69) is 26.0 Å². The van der Waals surface area contributed by atoms with Crippen LogP contribution in [0.5, 0.6) is 0 Å². The monoisotopic (exact) mass is 361 g/mol. The number of fused-ring (bicyclic) bond motifs is 1. The Hall–Kier alpha value is -1.27. The highest BCUT2D eigenvalue weighted by atomic mass is 79.9. The third kappa shape index (κ3) is 5.55. The van der Waals surface area contributed by atoms with Gasteiger partial charge in [0.1, 0.15) is 6.61 Å². The molecular weight excluding hydrogens is 347 g/mol. The van der Waals surface area contributed by atoms with E-state index in [1.165, 1.54) is 0 Å². The fourth-order valence-electron chi connectivity index (χ4n) is 1.92. The molecule has 0 aliphatic heterocycles. The molecule has 0 unspecified atom stereocenters. The quantitative estimate of drug-likeness (QED) is 0.732. The third-order valence-corrected chi connectivity index (χ3v) is 3.36. The van der Waals surface area contributed by atoms with E-state index >= 15 is 0 Å². The van der Waals surface area contributed by atoms with Crippen LogP contribution < -0.4 is 5.32 Å². The van der Waals surface area contributed by atoms with Gasteiger partial charge in [0.05, 0.1) is 0 Å². The topological polar surface area (TPSA) is 21.3 Å². The predicted molar refractivity (Wildman–Crippen MR) is 81.6 cm³/mol. The van der Waals surface area contributed by atoms with E-state index in [0.717, 1.165) is 20.9 Å². The van der Waals surface area contributed by atoms with Gasteiger partial charge in [0.15, 0.2) is 0 Å². The Balaban J connectivity index is 1.77. The lowest BCUT2D eigenvalue weighted by Crippen LogP contribution is -2.18. The minimum absolute atomic E-state index is 0.0903. The summed E-state index contributed by atoms with van der Waals surface area (Å²) in [7, 11) is 0. The second-order valence-electron chi connectivity index (χ2n) is 4.65. The molecule has 1 N–H and O–H groups in total. The molecule has 2 rings (SSSR count). The van der Waals surface area contributed by atoms with Gasteiger partial charge in [-0.3, -0.25) is 0 Å². The van der Waals surface area contributed by atoms with Crippen molar-refractivity contribution in [2.75, 3.05) is 25.1 Å². The Morgan fingerprint density at radius 2 is 1.76 bits per heavy atom.